The van der Waals surface area contributed by atoms with Crippen molar-refractivity contribution in [1.29, 1.82) is 0 Å². The lowest BCUT2D eigenvalue weighted by Gasteiger charge is -2.26. The Bertz CT molecular complexity index is 931. The molecule has 3 nitrogen and oxygen atoms in total. The van der Waals surface area contributed by atoms with E-state index in [1.165, 1.54) is 24.3 Å². The Labute approximate surface area is 172 Å². The van der Waals surface area contributed by atoms with Gasteiger partial charge in [-0.1, -0.05) is 48.9 Å². The number of halogens is 1. The summed E-state index contributed by atoms with van der Waals surface area (Å²) in [4.78, 5) is 17.8. The van der Waals surface area contributed by atoms with Gasteiger partial charge in [0.05, 0.1) is 6.42 Å². The first-order chi connectivity index (χ1) is 13.4. The molecule has 1 heterocycles. The number of hydrogen-bond acceptors (Lipinski definition) is 5. The lowest BCUT2D eigenvalue weighted by Crippen LogP contribution is -2.25. The predicted octanol–water partition coefficient (Wildman–Crippen LogP) is 6.29. The second kappa shape index (κ2) is 9.26. The maximum absolute atomic E-state index is 13.0. The van der Waals surface area contributed by atoms with E-state index in [4.69, 9.17) is 4.74 Å². The van der Waals surface area contributed by atoms with Gasteiger partial charge in [-0.2, -0.15) is 0 Å². The van der Waals surface area contributed by atoms with Crippen molar-refractivity contribution in [2.24, 2.45) is 0 Å². The molecule has 0 aliphatic heterocycles. The molecular formula is C22H20FNO2S2. The Morgan fingerprint density at radius 3 is 2.43 bits per heavy atom. The molecule has 0 aliphatic carbocycles. The van der Waals surface area contributed by atoms with E-state index >= 15 is 0 Å². The molecule has 0 saturated heterocycles. The summed E-state index contributed by atoms with van der Waals surface area (Å²) in [6.07, 6.45) is 1.97. The molecule has 0 saturated carbocycles. The summed E-state index contributed by atoms with van der Waals surface area (Å²) in [5.74, 6) is -0.374. The molecule has 3 aromatic rings. The van der Waals surface area contributed by atoms with Crippen LogP contribution in [0.3, 0.4) is 0 Å². The topological polar surface area (TPSA) is 39.2 Å². The zero-order chi connectivity index (χ0) is 20.0. The Morgan fingerprint density at radius 2 is 1.71 bits per heavy atom. The number of carbonyl (C=O) groups excluding carboxylic acids is 1. The molecule has 0 radical (unpaired) electrons. The molecule has 144 valence electrons. The highest BCUT2D eigenvalue weighted by Gasteiger charge is 2.28. The fourth-order valence-electron chi connectivity index (χ4n) is 2.71. The number of ether oxygens (including phenoxy) is 1. The van der Waals surface area contributed by atoms with Crippen LogP contribution in [-0.2, 0) is 10.2 Å². The predicted molar refractivity (Wildman–Crippen MR) is 112 cm³/mol. The fourth-order valence-corrected chi connectivity index (χ4v) is 4.95. The number of carbonyl (C=O) groups is 1. The Morgan fingerprint density at radius 1 is 1.00 bits per heavy atom. The largest absolute Gasteiger partial charge is 0.427 e. The van der Waals surface area contributed by atoms with Gasteiger partial charge in [0.1, 0.15) is 16.6 Å². The minimum absolute atomic E-state index is 0.205. The molecule has 28 heavy (non-hydrogen) atoms. The number of benzene rings is 2. The first kappa shape index (κ1) is 20.4. The lowest BCUT2D eigenvalue weighted by molar-refractivity contribution is -0.135. The van der Waals surface area contributed by atoms with Crippen LogP contribution in [0.15, 0.2) is 82.8 Å². The van der Waals surface area contributed by atoms with Crippen LogP contribution in [0.25, 0.3) is 0 Å². The maximum Gasteiger partial charge on any atom is 0.312 e. The molecule has 0 aliphatic rings. The zero-order valence-corrected chi connectivity index (χ0v) is 17.2. The summed E-state index contributed by atoms with van der Waals surface area (Å²) in [6, 6.07) is 19.3. The second-order valence-corrected chi connectivity index (χ2v) is 9.01. The molecule has 1 aromatic heterocycles. The van der Waals surface area contributed by atoms with E-state index in [-0.39, 0.29) is 18.2 Å². The average Bonchev–Trinajstić information content (AvgIpc) is 2.69. The Kier molecular flexibility index (Phi) is 6.75. The van der Waals surface area contributed by atoms with Gasteiger partial charge in [-0.15, -0.1) is 0 Å². The van der Waals surface area contributed by atoms with Gasteiger partial charge in [0.25, 0.3) is 0 Å². The molecule has 0 atom stereocenters. The van der Waals surface area contributed by atoms with E-state index in [1.807, 2.05) is 56.3 Å². The van der Waals surface area contributed by atoms with Crippen molar-refractivity contribution in [1.82, 2.24) is 4.98 Å². The van der Waals surface area contributed by atoms with Gasteiger partial charge in [0, 0.05) is 16.5 Å². The summed E-state index contributed by atoms with van der Waals surface area (Å²) >= 11 is 0. The van der Waals surface area contributed by atoms with Crippen LogP contribution < -0.4 is 4.74 Å². The number of aromatic nitrogens is 1. The highest BCUT2D eigenvalue weighted by molar-refractivity contribution is 8.76. The fraction of sp³-hybridized carbons (Fsp3) is 0.182. The van der Waals surface area contributed by atoms with Crippen LogP contribution in [0.5, 0.6) is 5.75 Å². The van der Waals surface area contributed by atoms with E-state index in [9.17, 15) is 9.18 Å². The van der Waals surface area contributed by atoms with Gasteiger partial charge in [0.15, 0.2) is 0 Å². The number of hydrogen-bond donors (Lipinski definition) is 0. The molecule has 3 rings (SSSR count). The number of esters is 1. The standard InChI is InChI=1S/C22H20FNO2S2/c1-22(2,15-21(25)26-17-12-10-16(23)11-13-17)18-7-3-4-8-19(18)27-28-20-9-5-6-14-24-20/h3-14H,15H2,1-2H3. The van der Waals surface area contributed by atoms with Gasteiger partial charge < -0.3 is 4.74 Å². The molecule has 0 N–H and O–H groups in total. The molecule has 0 amide bonds. The van der Waals surface area contributed by atoms with Crippen LogP contribution in [0.2, 0.25) is 0 Å². The van der Waals surface area contributed by atoms with E-state index in [1.54, 1.807) is 27.8 Å². The van der Waals surface area contributed by atoms with Crippen molar-refractivity contribution in [3.8, 4) is 5.75 Å². The monoisotopic (exact) mass is 413 g/mol. The second-order valence-electron chi connectivity index (χ2n) is 6.82. The highest BCUT2D eigenvalue weighted by atomic mass is 33.1. The average molecular weight is 414 g/mol. The molecule has 2 aromatic carbocycles. The SMILES string of the molecule is CC(C)(CC(=O)Oc1ccc(F)cc1)c1ccccc1SSc1ccccn1. The van der Waals surface area contributed by atoms with Crippen molar-refractivity contribution in [2.45, 2.75) is 35.6 Å². The molecule has 6 heteroatoms. The zero-order valence-electron chi connectivity index (χ0n) is 15.6. The summed E-state index contributed by atoms with van der Waals surface area (Å²) < 4.78 is 18.4. The van der Waals surface area contributed by atoms with Gasteiger partial charge in [0.2, 0.25) is 0 Å². The third-order valence-corrected chi connectivity index (χ3v) is 6.43. The maximum atomic E-state index is 13.0. The van der Waals surface area contributed by atoms with Crippen LogP contribution in [0, 0.1) is 5.82 Å². The summed E-state index contributed by atoms with van der Waals surface area (Å²) in [5.41, 5.74) is 0.644. The summed E-state index contributed by atoms with van der Waals surface area (Å²) in [6.45, 7) is 4.04. The number of nitrogens with zero attached hydrogens (tertiary/aromatic N) is 1. The molecule has 0 unspecified atom stereocenters. The van der Waals surface area contributed by atoms with Gasteiger partial charge >= 0.3 is 5.97 Å². The van der Waals surface area contributed by atoms with Crippen molar-refractivity contribution in [3.05, 3.63) is 84.3 Å². The third-order valence-electron chi connectivity index (χ3n) is 4.10. The van der Waals surface area contributed by atoms with Gasteiger partial charge in [-0.05, 0) is 58.8 Å². The van der Waals surface area contributed by atoms with E-state index in [0.29, 0.717) is 5.75 Å². The minimum Gasteiger partial charge on any atom is -0.427 e. The van der Waals surface area contributed by atoms with Crippen LogP contribution in [0.4, 0.5) is 4.39 Å². The first-order valence-electron chi connectivity index (χ1n) is 8.75. The molecule has 0 bridgehead atoms. The van der Waals surface area contributed by atoms with Crippen LogP contribution in [-0.4, -0.2) is 11.0 Å². The van der Waals surface area contributed by atoms with Crippen LogP contribution in [0.1, 0.15) is 25.8 Å². The molecular weight excluding hydrogens is 393 g/mol. The normalized spacial score (nSPS) is 11.2. The minimum atomic E-state index is -0.425. The Balaban J connectivity index is 1.70. The molecule has 0 spiro atoms. The van der Waals surface area contributed by atoms with Gasteiger partial charge in [-0.25, -0.2) is 9.37 Å². The van der Waals surface area contributed by atoms with Crippen molar-refractivity contribution in [3.63, 3.8) is 0 Å². The van der Waals surface area contributed by atoms with Crippen molar-refractivity contribution >= 4 is 27.6 Å². The quantitative estimate of drug-likeness (QED) is 0.258. The number of pyridine rings is 1. The summed E-state index contributed by atoms with van der Waals surface area (Å²) in [7, 11) is 3.20. The van der Waals surface area contributed by atoms with Crippen molar-refractivity contribution in [2.75, 3.05) is 0 Å². The molecule has 0 fully saturated rings. The van der Waals surface area contributed by atoms with Crippen LogP contribution >= 0.6 is 21.6 Å². The lowest BCUT2D eigenvalue weighted by atomic mass is 9.81. The summed E-state index contributed by atoms with van der Waals surface area (Å²) in [5, 5.41) is 0.927. The smallest absolute Gasteiger partial charge is 0.312 e. The number of rotatable bonds is 7. The van der Waals surface area contributed by atoms with Gasteiger partial charge in [-0.3, -0.25) is 4.79 Å². The Hall–Kier alpha value is -2.31. The first-order valence-corrected chi connectivity index (χ1v) is 10.9. The van der Waals surface area contributed by atoms with E-state index in [2.05, 4.69) is 4.98 Å². The third kappa shape index (κ3) is 5.59. The van der Waals surface area contributed by atoms with E-state index in [0.717, 1.165) is 15.5 Å². The van der Waals surface area contributed by atoms with E-state index < -0.39 is 5.41 Å². The van der Waals surface area contributed by atoms with Crippen molar-refractivity contribution < 1.29 is 13.9 Å². The highest BCUT2D eigenvalue weighted by Crippen LogP contribution is 2.42.